The van der Waals surface area contributed by atoms with E-state index in [0.717, 1.165) is 6.07 Å². The molecule has 1 saturated heterocycles. The summed E-state index contributed by atoms with van der Waals surface area (Å²) in [6.45, 7) is 0.0181. The fourth-order valence-electron chi connectivity index (χ4n) is 3.16. The second-order valence-corrected chi connectivity index (χ2v) is 5.83. The lowest BCUT2D eigenvalue weighted by Gasteiger charge is -2.22. The van der Waals surface area contributed by atoms with Crippen LogP contribution in [0.15, 0.2) is 18.2 Å². The number of benzene rings is 1. The van der Waals surface area contributed by atoms with Crippen molar-refractivity contribution in [1.29, 1.82) is 0 Å². The standard InChI is InChI=1S/C15H17F2NO3/c16-8-1-2-11(14(17)3-8)12-5-13(12)15(21)18-6-10(20)4-9(18)7-19/h1-3,9-10,12-13,19-20H,4-7H2/t9-,10-,12-,13-/m0/s1. The number of halogens is 2. The molecule has 1 saturated carbocycles. The highest BCUT2D eigenvalue weighted by Crippen LogP contribution is 2.49. The number of hydrogen-bond acceptors (Lipinski definition) is 3. The van der Waals surface area contributed by atoms with Crippen molar-refractivity contribution in [2.45, 2.75) is 30.9 Å². The molecule has 0 radical (unpaired) electrons. The van der Waals surface area contributed by atoms with Gasteiger partial charge in [-0.15, -0.1) is 0 Å². The topological polar surface area (TPSA) is 60.8 Å². The summed E-state index contributed by atoms with van der Waals surface area (Å²) in [6, 6.07) is 3.02. The van der Waals surface area contributed by atoms with Crippen molar-refractivity contribution in [3.8, 4) is 0 Å². The molecule has 0 spiro atoms. The molecule has 4 nitrogen and oxygen atoms in total. The third-order valence-corrected chi connectivity index (χ3v) is 4.36. The molecule has 1 aromatic carbocycles. The molecule has 1 aromatic rings. The van der Waals surface area contributed by atoms with E-state index in [1.54, 1.807) is 0 Å². The average molecular weight is 297 g/mol. The number of aliphatic hydroxyl groups excluding tert-OH is 2. The zero-order valence-corrected chi connectivity index (χ0v) is 11.4. The van der Waals surface area contributed by atoms with E-state index in [-0.39, 0.29) is 36.9 Å². The van der Waals surface area contributed by atoms with Gasteiger partial charge in [0.1, 0.15) is 11.6 Å². The van der Waals surface area contributed by atoms with Crippen LogP contribution in [-0.4, -0.2) is 46.3 Å². The van der Waals surface area contributed by atoms with Gasteiger partial charge in [-0.3, -0.25) is 4.79 Å². The van der Waals surface area contributed by atoms with Crippen molar-refractivity contribution >= 4 is 5.91 Å². The van der Waals surface area contributed by atoms with E-state index in [2.05, 4.69) is 0 Å². The number of β-amino-alcohol motifs (C(OH)–C–C–N with tert-alkyl or cyclic N) is 1. The Hall–Kier alpha value is -1.53. The van der Waals surface area contributed by atoms with Crippen LogP contribution in [0.3, 0.4) is 0 Å². The van der Waals surface area contributed by atoms with E-state index in [1.165, 1.54) is 17.0 Å². The van der Waals surface area contributed by atoms with Crippen LogP contribution in [0.1, 0.15) is 24.3 Å². The lowest BCUT2D eigenvalue weighted by molar-refractivity contribution is -0.134. The quantitative estimate of drug-likeness (QED) is 0.876. The van der Waals surface area contributed by atoms with Crippen molar-refractivity contribution in [3.05, 3.63) is 35.4 Å². The Morgan fingerprint density at radius 1 is 1.33 bits per heavy atom. The Balaban J connectivity index is 1.71. The molecule has 2 N–H and O–H groups in total. The van der Waals surface area contributed by atoms with Gasteiger partial charge in [0, 0.05) is 18.5 Å². The third kappa shape index (κ3) is 2.65. The monoisotopic (exact) mass is 297 g/mol. The maximum absolute atomic E-state index is 13.7. The number of aliphatic hydroxyl groups is 2. The molecule has 4 atom stereocenters. The van der Waals surface area contributed by atoms with Gasteiger partial charge in [0.05, 0.1) is 18.8 Å². The summed E-state index contributed by atoms with van der Waals surface area (Å²) in [7, 11) is 0. The molecule has 1 aliphatic heterocycles. The molecule has 6 heteroatoms. The fraction of sp³-hybridized carbons (Fsp3) is 0.533. The Labute approximate surface area is 121 Å². The van der Waals surface area contributed by atoms with Crippen molar-refractivity contribution in [3.63, 3.8) is 0 Å². The Kier molecular flexibility index (Phi) is 3.67. The van der Waals surface area contributed by atoms with Crippen molar-refractivity contribution in [2.24, 2.45) is 5.92 Å². The highest BCUT2D eigenvalue weighted by molar-refractivity contribution is 5.83. The lowest BCUT2D eigenvalue weighted by atomic mass is 10.1. The number of likely N-dealkylation sites (tertiary alicyclic amines) is 1. The normalized spacial score (nSPS) is 31.5. The second kappa shape index (κ2) is 5.35. The Bertz CT molecular complexity index is 566. The molecule has 3 rings (SSSR count). The molecule has 1 aliphatic carbocycles. The van der Waals surface area contributed by atoms with Crippen molar-refractivity contribution < 1.29 is 23.8 Å². The van der Waals surface area contributed by atoms with Gasteiger partial charge in [-0.2, -0.15) is 0 Å². The molecular weight excluding hydrogens is 280 g/mol. The van der Waals surface area contributed by atoms with Gasteiger partial charge in [0.2, 0.25) is 5.91 Å². The SMILES string of the molecule is O=C([C@H]1C[C@H]1c1ccc(F)cc1F)N1C[C@@H](O)C[C@H]1CO. The predicted molar refractivity (Wildman–Crippen MR) is 70.4 cm³/mol. The van der Waals surface area contributed by atoms with Crippen LogP contribution in [0.5, 0.6) is 0 Å². The first-order valence-corrected chi connectivity index (χ1v) is 7.05. The minimum atomic E-state index is -0.636. The number of hydrogen-bond donors (Lipinski definition) is 2. The molecule has 1 heterocycles. The van der Waals surface area contributed by atoms with Crippen molar-refractivity contribution in [2.75, 3.05) is 13.2 Å². The predicted octanol–water partition coefficient (Wildman–Crippen LogP) is 1.02. The van der Waals surface area contributed by atoms with Crippen molar-refractivity contribution in [1.82, 2.24) is 4.90 Å². The van der Waals surface area contributed by atoms with Gasteiger partial charge in [0.25, 0.3) is 0 Å². The summed E-state index contributed by atoms with van der Waals surface area (Å²) < 4.78 is 26.6. The van der Waals surface area contributed by atoms with Crippen LogP contribution >= 0.6 is 0 Å². The molecule has 21 heavy (non-hydrogen) atoms. The van der Waals surface area contributed by atoms with E-state index in [0.29, 0.717) is 18.4 Å². The van der Waals surface area contributed by atoms with Gasteiger partial charge in [-0.1, -0.05) is 6.07 Å². The van der Waals surface area contributed by atoms with Crippen LogP contribution < -0.4 is 0 Å². The van der Waals surface area contributed by atoms with Crippen LogP contribution in [0.2, 0.25) is 0 Å². The van der Waals surface area contributed by atoms with Gasteiger partial charge < -0.3 is 15.1 Å². The van der Waals surface area contributed by atoms with E-state index >= 15 is 0 Å². The zero-order chi connectivity index (χ0) is 15.1. The smallest absolute Gasteiger partial charge is 0.226 e. The fourth-order valence-corrected chi connectivity index (χ4v) is 3.16. The molecule has 1 amide bonds. The van der Waals surface area contributed by atoms with Crippen LogP contribution in [0.4, 0.5) is 8.78 Å². The number of carbonyl (C=O) groups excluding carboxylic acids is 1. The molecule has 0 bridgehead atoms. The summed E-state index contributed by atoms with van der Waals surface area (Å²) in [4.78, 5) is 13.9. The number of amides is 1. The first kappa shape index (κ1) is 14.4. The number of carbonyl (C=O) groups is 1. The van der Waals surface area contributed by atoms with Crippen LogP contribution in [-0.2, 0) is 4.79 Å². The highest BCUT2D eigenvalue weighted by atomic mass is 19.1. The number of nitrogens with zero attached hydrogens (tertiary/aromatic N) is 1. The van der Waals surface area contributed by atoms with Crippen LogP contribution in [0, 0.1) is 17.6 Å². The third-order valence-electron chi connectivity index (χ3n) is 4.36. The Morgan fingerprint density at radius 3 is 2.76 bits per heavy atom. The first-order chi connectivity index (χ1) is 10.0. The molecule has 0 aromatic heterocycles. The van der Waals surface area contributed by atoms with Gasteiger partial charge in [-0.05, 0) is 30.4 Å². The summed E-state index contributed by atoms with van der Waals surface area (Å²) in [5, 5.41) is 18.9. The molecule has 114 valence electrons. The summed E-state index contributed by atoms with van der Waals surface area (Å²) in [5.74, 6) is -2.02. The minimum absolute atomic E-state index is 0.167. The molecule has 2 aliphatic rings. The second-order valence-electron chi connectivity index (χ2n) is 5.83. The molecule has 2 fully saturated rings. The first-order valence-electron chi connectivity index (χ1n) is 7.05. The largest absolute Gasteiger partial charge is 0.394 e. The van der Waals surface area contributed by atoms with Gasteiger partial charge >= 0.3 is 0 Å². The highest BCUT2D eigenvalue weighted by Gasteiger charge is 2.49. The summed E-state index contributed by atoms with van der Waals surface area (Å²) in [6.07, 6.45) is 0.266. The molecular formula is C15H17F2NO3. The number of rotatable bonds is 3. The zero-order valence-electron chi connectivity index (χ0n) is 11.4. The van der Waals surface area contributed by atoms with E-state index in [1.807, 2.05) is 0 Å². The van der Waals surface area contributed by atoms with Crippen LogP contribution in [0.25, 0.3) is 0 Å². The minimum Gasteiger partial charge on any atom is -0.394 e. The summed E-state index contributed by atoms with van der Waals surface area (Å²) >= 11 is 0. The lowest BCUT2D eigenvalue weighted by Crippen LogP contribution is -2.39. The Morgan fingerprint density at radius 2 is 2.10 bits per heavy atom. The van der Waals surface area contributed by atoms with E-state index < -0.39 is 17.7 Å². The maximum Gasteiger partial charge on any atom is 0.226 e. The molecule has 0 unspecified atom stereocenters. The van der Waals surface area contributed by atoms with Gasteiger partial charge in [0.15, 0.2) is 0 Å². The average Bonchev–Trinajstić information content (AvgIpc) is 3.13. The maximum atomic E-state index is 13.7. The van der Waals surface area contributed by atoms with Gasteiger partial charge in [-0.25, -0.2) is 8.78 Å². The summed E-state index contributed by atoms with van der Waals surface area (Å²) in [5.41, 5.74) is 0.357. The van der Waals surface area contributed by atoms with E-state index in [4.69, 9.17) is 0 Å². The van der Waals surface area contributed by atoms with E-state index in [9.17, 15) is 23.8 Å².